The molecule has 1 aliphatic rings. The molecule has 1 fully saturated rings. The summed E-state index contributed by atoms with van der Waals surface area (Å²) in [5.41, 5.74) is 0.815. The fourth-order valence-corrected chi connectivity index (χ4v) is 7.95. The van der Waals surface area contributed by atoms with Gasteiger partial charge in [-0.15, -0.1) is 23.5 Å². The van der Waals surface area contributed by atoms with Crippen LogP contribution in [0.4, 0.5) is 0 Å². The molecule has 0 atom stereocenters. The van der Waals surface area contributed by atoms with Crippen molar-refractivity contribution < 1.29 is 16.8 Å². The summed E-state index contributed by atoms with van der Waals surface area (Å²) in [4.78, 5) is 0. The van der Waals surface area contributed by atoms with Gasteiger partial charge in [-0.3, -0.25) is 0 Å². The highest BCUT2D eigenvalue weighted by Crippen LogP contribution is 2.43. The zero-order chi connectivity index (χ0) is 16.4. The van der Waals surface area contributed by atoms with Gasteiger partial charge in [-0.25, -0.2) is 16.8 Å². The maximum atomic E-state index is 12.1. The molecule has 1 aromatic carbocycles. The van der Waals surface area contributed by atoms with E-state index >= 15 is 0 Å². The summed E-state index contributed by atoms with van der Waals surface area (Å²) in [5.74, 6) is 1.69. The van der Waals surface area contributed by atoms with E-state index in [0.29, 0.717) is 9.27 Å². The van der Waals surface area contributed by atoms with Gasteiger partial charge < -0.3 is 0 Å². The van der Waals surface area contributed by atoms with Gasteiger partial charge in [-0.05, 0) is 17.9 Å². The number of hydrogen-bond donors (Lipinski definition) is 0. The normalized spacial score (nSPS) is 16.4. The molecule has 1 saturated heterocycles. The largest absolute Gasteiger partial charge is 0.245 e. The first-order valence-corrected chi connectivity index (χ1v) is 12.1. The standard InChI is InChI=1S/C13H17NO4S4/c1-21(15,16)14(22(2,17)18)12(11-7-4-3-5-8-11)13-19-9-6-10-20-13/h3-5,7-8H,6,9-10H2,1-2H3. The lowest BCUT2D eigenvalue weighted by Crippen LogP contribution is -2.34. The molecule has 0 spiro atoms. The maximum absolute atomic E-state index is 12.1. The van der Waals surface area contributed by atoms with E-state index in [1.165, 1.54) is 23.5 Å². The Morgan fingerprint density at radius 2 is 1.45 bits per heavy atom. The number of hydrogen-bond acceptors (Lipinski definition) is 6. The minimum Gasteiger partial charge on any atom is -0.206 e. The fourth-order valence-electron chi connectivity index (χ4n) is 2.04. The average Bonchev–Trinajstić information content (AvgIpc) is 2.44. The first-order chi connectivity index (χ1) is 10.2. The van der Waals surface area contributed by atoms with E-state index in [1.54, 1.807) is 30.3 Å². The molecule has 0 N–H and O–H groups in total. The summed E-state index contributed by atoms with van der Waals surface area (Å²) < 4.78 is 49.8. The van der Waals surface area contributed by atoms with Crippen molar-refractivity contribution in [3.8, 4) is 0 Å². The molecule has 0 bridgehead atoms. The molecule has 1 aromatic rings. The molecule has 9 heteroatoms. The van der Waals surface area contributed by atoms with Gasteiger partial charge in [0.1, 0.15) is 0 Å². The highest BCUT2D eigenvalue weighted by molar-refractivity contribution is 8.23. The van der Waals surface area contributed by atoms with E-state index in [4.69, 9.17) is 0 Å². The monoisotopic (exact) mass is 379 g/mol. The van der Waals surface area contributed by atoms with Crippen molar-refractivity contribution in [1.82, 2.24) is 3.71 Å². The molecule has 122 valence electrons. The fraction of sp³-hybridized carbons (Fsp3) is 0.385. The molecule has 1 aliphatic heterocycles. The maximum Gasteiger partial charge on any atom is 0.245 e. The molecular formula is C13H17NO4S4. The second kappa shape index (κ2) is 6.86. The number of thioether (sulfide) groups is 2. The SMILES string of the molecule is CS(=O)(=O)N(C(=C1SCCCS1)c1ccccc1)S(C)(=O)=O. The predicted molar refractivity (Wildman–Crippen MR) is 94.4 cm³/mol. The molecule has 0 aliphatic carbocycles. The van der Waals surface area contributed by atoms with Gasteiger partial charge in [0.05, 0.1) is 22.4 Å². The van der Waals surface area contributed by atoms with Crippen LogP contribution in [0.1, 0.15) is 12.0 Å². The van der Waals surface area contributed by atoms with Crippen molar-refractivity contribution in [3.63, 3.8) is 0 Å². The van der Waals surface area contributed by atoms with E-state index in [-0.39, 0.29) is 5.70 Å². The van der Waals surface area contributed by atoms with Crippen LogP contribution in [-0.2, 0) is 20.0 Å². The van der Waals surface area contributed by atoms with E-state index in [2.05, 4.69) is 0 Å². The van der Waals surface area contributed by atoms with Crippen LogP contribution in [0, 0.1) is 0 Å². The topological polar surface area (TPSA) is 71.5 Å². The van der Waals surface area contributed by atoms with Crippen LogP contribution in [0.2, 0.25) is 0 Å². The Morgan fingerprint density at radius 3 is 1.91 bits per heavy atom. The van der Waals surface area contributed by atoms with Crippen LogP contribution in [0.15, 0.2) is 34.6 Å². The summed E-state index contributed by atoms with van der Waals surface area (Å²) in [5, 5.41) is 0. The zero-order valence-corrected chi connectivity index (χ0v) is 15.5. The van der Waals surface area contributed by atoms with Gasteiger partial charge in [0.2, 0.25) is 20.0 Å². The van der Waals surface area contributed by atoms with Gasteiger partial charge in [-0.2, -0.15) is 3.71 Å². The third-order valence-corrected chi connectivity index (χ3v) is 8.58. The van der Waals surface area contributed by atoms with Gasteiger partial charge >= 0.3 is 0 Å². The van der Waals surface area contributed by atoms with Crippen molar-refractivity contribution in [1.29, 1.82) is 0 Å². The lowest BCUT2D eigenvalue weighted by molar-refractivity contribution is 0.549. The average molecular weight is 380 g/mol. The molecule has 0 radical (unpaired) electrons. The van der Waals surface area contributed by atoms with E-state index in [9.17, 15) is 16.8 Å². The summed E-state index contributed by atoms with van der Waals surface area (Å²) in [7, 11) is -7.92. The number of benzene rings is 1. The van der Waals surface area contributed by atoms with Crippen molar-refractivity contribution >= 4 is 49.3 Å². The highest BCUT2D eigenvalue weighted by Gasteiger charge is 2.33. The van der Waals surface area contributed by atoms with Crippen LogP contribution in [-0.4, -0.2) is 44.6 Å². The van der Waals surface area contributed by atoms with Gasteiger partial charge in [0.25, 0.3) is 0 Å². The van der Waals surface area contributed by atoms with Crippen molar-refractivity contribution in [2.24, 2.45) is 0 Å². The van der Waals surface area contributed by atoms with Crippen LogP contribution in [0.25, 0.3) is 5.70 Å². The van der Waals surface area contributed by atoms with Crippen molar-refractivity contribution in [2.45, 2.75) is 6.42 Å². The van der Waals surface area contributed by atoms with E-state index in [0.717, 1.165) is 34.7 Å². The molecule has 1 heterocycles. The first-order valence-electron chi connectivity index (χ1n) is 6.47. The van der Waals surface area contributed by atoms with Crippen molar-refractivity contribution in [3.05, 3.63) is 40.1 Å². The minimum atomic E-state index is -3.96. The number of sulfonamides is 2. The highest BCUT2D eigenvalue weighted by atomic mass is 32.3. The lowest BCUT2D eigenvalue weighted by Gasteiger charge is -2.27. The second-order valence-corrected chi connectivity index (χ2v) is 11.1. The van der Waals surface area contributed by atoms with Crippen LogP contribution < -0.4 is 0 Å². The van der Waals surface area contributed by atoms with Gasteiger partial charge in [0.15, 0.2) is 0 Å². The first kappa shape index (κ1) is 17.7. The molecule has 0 aromatic heterocycles. The third kappa shape index (κ3) is 4.21. The van der Waals surface area contributed by atoms with E-state index in [1.807, 2.05) is 0 Å². The Morgan fingerprint density at radius 1 is 0.955 bits per heavy atom. The molecule has 0 unspecified atom stereocenters. The minimum absolute atomic E-state index is 0.236. The Labute approximate surface area is 140 Å². The van der Waals surface area contributed by atoms with Crippen molar-refractivity contribution in [2.75, 3.05) is 24.0 Å². The summed E-state index contributed by atoms with van der Waals surface area (Å²) in [6.45, 7) is 0. The summed E-state index contributed by atoms with van der Waals surface area (Å²) >= 11 is 3.00. The van der Waals surface area contributed by atoms with Gasteiger partial charge in [-0.1, -0.05) is 30.3 Å². The zero-order valence-electron chi connectivity index (χ0n) is 12.2. The number of rotatable bonds is 4. The predicted octanol–water partition coefficient (Wildman–Crippen LogP) is 2.40. The Balaban J connectivity index is 2.73. The molecule has 5 nitrogen and oxygen atoms in total. The number of nitrogens with zero attached hydrogens (tertiary/aromatic N) is 1. The lowest BCUT2D eigenvalue weighted by atomic mass is 10.2. The van der Waals surface area contributed by atoms with Crippen LogP contribution >= 0.6 is 23.5 Å². The smallest absolute Gasteiger partial charge is 0.206 e. The molecular weight excluding hydrogens is 362 g/mol. The van der Waals surface area contributed by atoms with Crippen LogP contribution in [0.3, 0.4) is 0 Å². The van der Waals surface area contributed by atoms with Crippen LogP contribution in [0.5, 0.6) is 0 Å². The quantitative estimate of drug-likeness (QED) is 0.800. The Hall–Kier alpha value is -0.640. The Kier molecular flexibility index (Phi) is 5.52. The molecule has 0 amide bonds. The summed E-state index contributed by atoms with van der Waals surface area (Å²) in [6.07, 6.45) is 2.84. The van der Waals surface area contributed by atoms with E-state index < -0.39 is 20.0 Å². The Bertz CT molecular complexity index is 730. The van der Waals surface area contributed by atoms with Gasteiger partial charge in [0, 0.05) is 5.56 Å². The molecule has 2 rings (SSSR count). The molecule has 22 heavy (non-hydrogen) atoms. The second-order valence-electron chi connectivity index (χ2n) is 4.78. The summed E-state index contributed by atoms with van der Waals surface area (Å²) in [6, 6.07) is 8.77. The molecule has 0 saturated carbocycles. The third-order valence-electron chi connectivity index (χ3n) is 2.78.